The Labute approximate surface area is 145 Å². The highest BCUT2D eigenvalue weighted by atomic mass is 32.2. The summed E-state index contributed by atoms with van der Waals surface area (Å²) in [6.45, 7) is 7.41. The third-order valence-corrected chi connectivity index (χ3v) is 5.22. The monoisotopic (exact) mass is 356 g/mol. The maximum atomic E-state index is 11.9. The number of likely N-dealkylation sites (N-methyl/N-ethyl adjacent to an activating group) is 1. The molecule has 0 spiro atoms. The third kappa shape index (κ3) is 6.13. The second-order valence-corrected chi connectivity index (χ2v) is 9.11. The molecular formula is C17H28N2O4S. The van der Waals surface area contributed by atoms with Crippen molar-refractivity contribution in [3.63, 3.8) is 0 Å². The Morgan fingerprint density at radius 3 is 2.17 bits per heavy atom. The summed E-state index contributed by atoms with van der Waals surface area (Å²) in [4.78, 5) is 14.1. The molecule has 0 radical (unpaired) electrons. The molecule has 0 unspecified atom stereocenters. The molecule has 0 heterocycles. The smallest absolute Gasteiger partial charge is 0.407 e. The summed E-state index contributed by atoms with van der Waals surface area (Å²) >= 11 is 0. The highest BCUT2D eigenvalue weighted by Crippen LogP contribution is 2.20. The molecule has 1 N–H and O–H groups in total. The van der Waals surface area contributed by atoms with Crippen molar-refractivity contribution in [1.29, 1.82) is 0 Å². The highest BCUT2D eigenvalue weighted by molar-refractivity contribution is 7.91. The van der Waals surface area contributed by atoms with Crippen LogP contribution in [0.15, 0.2) is 29.2 Å². The molecule has 136 valence electrons. The fraction of sp³-hybridized carbons (Fsp3) is 0.588. The van der Waals surface area contributed by atoms with Crippen LogP contribution in [0.3, 0.4) is 0 Å². The molecule has 0 aliphatic carbocycles. The fourth-order valence-corrected chi connectivity index (χ4v) is 3.04. The van der Waals surface area contributed by atoms with Gasteiger partial charge in [0.25, 0.3) is 0 Å². The number of hydrogen-bond acceptors (Lipinski definition) is 5. The first kappa shape index (κ1) is 20.4. The number of benzene rings is 1. The minimum absolute atomic E-state index is 0.0731. The van der Waals surface area contributed by atoms with Gasteiger partial charge in [-0.3, -0.25) is 0 Å². The molecule has 1 atom stereocenters. The normalized spacial score (nSPS) is 13.6. The lowest BCUT2D eigenvalue weighted by Crippen LogP contribution is -2.38. The van der Waals surface area contributed by atoms with Crippen molar-refractivity contribution in [2.24, 2.45) is 0 Å². The van der Waals surface area contributed by atoms with Crippen molar-refractivity contribution in [3.05, 3.63) is 29.8 Å². The molecule has 0 aliphatic heterocycles. The van der Waals surface area contributed by atoms with Crippen LogP contribution in [0.5, 0.6) is 0 Å². The van der Waals surface area contributed by atoms with Gasteiger partial charge in [0, 0.05) is 6.54 Å². The van der Waals surface area contributed by atoms with Crippen LogP contribution in [0.25, 0.3) is 0 Å². The maximum absolute atomic E-state index is 11.9. The molecule has 1 aromatic rings. The lowest BCUT2D eigenvalue weighted by Gasteiger charge is -2.26. The average Bonchev–Trinajstić information content (AvgIpc) is 2.45. The minimum Gasteiger partial charge on any atom is -0.444 e. The van der Waals surface area contributed by atoms with Crippen molar-refractivity contribution >= 4 is 15.9 Å². The van der Waals surface area contributed by atoms with Gasteiger partial charge in [0.1, 0.15) is 5.60 Å². The predicted octanol–water partition coefficient (Wildman–Crippen LogP) is 2.61. The number of nitrogens with zero attached hydrogens (tertiary/aromatic N) is 1. The summed E-state index contributed by atoms with van der Waals surface area (Å²) in [5.74, 6) is 0.0731. The lowest BCUT2D eigenvalue weighted by molar-refractivity contribution is 0.0514. The van der Waals surface area contributed by atoms with E-state index in [4.69, 9.17) is 4.74 Å². The molecule has 0 saturated carbocycles. The lowest BCUT2D eigenvalue weighted by atomic mass is 10.1. The predicted molar refractivity (Wildman–Crippen MR) is 94.8 cm³/mol. The summed E-state index contributed by atoms with van der Waals surface area (Å²) in [6, 6.07) is 6.69. The number of nitrogens with one attached hydrogen (secondary N) is 1. The van der Waals surface area contributed by atoms with Crippen LogP contribution in [0.1, 0.15) is 39.3 Å². The molecule has 0 fully saturated rings. The number of sulfone groups is 1. The molecule has 6 nitrogen and oxygen atoms in total. The molecule has 0 bridgehead atoms. The van der Waals surface area contributed by atoms with E-state index in [0.717, 1.165) is 5.56 Å². The maximum Gasteiger partial charge on any atom is 0.407 e. The Bertz CT molecular complexity index is 646. The van der Waals surface area contributed by atoms with Crippen LogP contribution in [0.4, 0.5) is 4.79 Å². The van der Waals surface area contributed by atoms with E-state index in [2.05, 4.69) is 5.32 Å². The molecular weight excluding hydrogens is 328 g/mol. The first-order valence-electron chi connectivity index (χ1n) is 7.92. The molecule has 1 amide bonds. The topological polar surface area (TPSA) is 75.7 Å². The van der Waals surface area contributed by atoms with E-state index >= 15 is 0 Å². The van der Waals surface area contributed by atoms with E-state index in [1.807, 2.05) is 39.8 Å². The Hall–Kier alpha value is -1.60. The summed E-state index contributed by atoms with van der Waals surface area (Å²) in [5, 5.41) is 2.75. The van der Waals surface area contributed by atoms with Crippen molar-refractivity contribution in [2.45, 2.75) is 44.2 Å². The summed E-state index contributed by atoms with van der Waals surface area (Å²) in [7, 11) is 0.592. The fourth-order valence-electron chi connectivity index (χ4n) is 2.16. The molecule has 0 aromatic heterocycles. The van der Waals surface area contributed by atoms with E-state index in [9.17, 15) is 13.2 Å². The van der Waals surface area contributed by atoms with Crippen LogP contribution < -0.4 is 5.32 Å². The van der Waals surface area contributed by atoms with Gasteiger partial charge in [0.15, 0.2) is 9.84 Å². The van der Waals surface area contributed by atoms with Crippen molar-refractivity contribution in [1.82, 2.24) is 10.2 Å². The van der Waals surface area contributed by atoms with Crippen LogP contribution in [0.2, 0.25) is 0 Å². The molecule has 0 saturated heterocycles. The number of alkyl carbamates (subject to hydrolysis) is 1. The second-order valence-electron chi connectivity index (χ2n) is 6.83. The van der Waals surface area contributed by atoms with Crippen molar-refractivity contribution in [2.75, 3.05) is 26.4 Å². The van der Waals surface area contributed by atoms with Gasteiger partial charge >= 0.3 is 6.09 Å². The Morgan fingerprint density at radius 2 is 1.75 bits per heavy atom. The molecule has 24 heavy (non-hydrogen) atoms. The van der Waals surface area contributed by atoms with Crippen LogP contribution >= 0.6 is 0 Å². The van der Waals surface area contributed by atoms with Gasteiger partial charge in [0.2, 0.25) is 0 Å². The summed E-state index contributed by atoms with van der Waals surface area (Å²) < 4.78 is 29.0. The summed E-state index contributed by atoms with van der Waals surface area (Å²) in [5.41, 5.74) is 0.375. The first-order valence-corrected chi connectivity index (χ1v) is 9.57. The average molecular weight is 356 g/mol. The van der Waals surface area contributed by atoms with Gasteiger partial charge in [-0.05, 0) is 52.6 Å². The Kier molecular flexibility index (Phi) is 6.80. The van der Waals surface area contributed by atoms with Crippen molar-refractivity contribution < 1.29 is 17.9 Å². The van der Waals surface area contributed by atoms with Crippen molar-refractivity contribution in [3.8, 4) is 0 Å². The standard InChI is InChI=1S/C17H28N2O4S/c1-7-24(21,22)14-10-8-13(9-11-14)15(19(5)6)12-18-16(20)23-17(2,3)4/h8-11,15H,7,12H2,1-6H3,(H,18,20)/t15-/m0/s1. The molecule has 1 rings (SSSR count). The van der Waals surface area contributed by atoms with Gasteiger partial charge in [-0.1, -0.05) is 19.1 Å². The summed E-state index contributed by atoms with van der Waals surface area (Å²) in [6.07, 6.45) is -0.473. The number of rotatable bonds is 6. The minimum atomic E-state index is -3.21. The Morgan fingerprint density at radius 1 is 1.21 bits per heavy atom. The van der Waals surface area contributed by atoms with Crippen LogP contribution in [-0.2, 0) is 14.6 Å². The Balaban J connectivity index is 2.84. The number of carbonyl (C=O) groups is 1. The zero-order valence-corrected chi connectivity index (χ0v) is 16.1. The van der Waals surface area contributed by atoms with Gasteiger partial charge in [-0.25, -0.2) is 13.2 Å². The number of amides is 1. The molecule has 0 aliphatic rings. The van der Waals surface area contributed by atoms with Gasteiger partial charge in [-0.15, -0.1) is 0 Å². The van der Waals surface area contributed by atoms with Gasteiger partial charge in [0.05, 0.1) is 16.7 Å². The second kappa shape index (κ2) is 7.98. The largest absolute Gasteiger partial charge is 0.444 e. The van der Waals surface area contributed by atoms with Gasteiger partial charge < -0.3 is 15.0 Å². The van der Waals surface area contributed by atoms with E-state index in [1.165, 1.54) is 0 Å². The molecule has 7 heteroatoms. The van der Waals surface area contributed by atoms with E-state index < -0.39 is 21.5 Å². The zero-order valence-electron chi connectivity index (χ0n) is 15.3. The van der Waals surface area contributed by atoms with E-state index in [-0.39, 0.29) is 11.8 Å². The first-order chi connectivity index (χ1) is 11.0. The van der Waals surface area contributed by atoms with E-state index in [1.54, 1.807) is 31.2 Å². The quantitative estimate of drug-likeness (QED) is 0.848. The highest BCUT2D eigenvalue weighted by Gasteiger charge is 2.20. The van der Waals surface area contributed by atoms with Crippen LogP contribution in [-0.4, -0.2) is 51.4 Å². The van der Waals surface area contributed by atoms with Gasteiger partial charge in [-0.2, -0.15) is 0 Å². The molecule has 1 aromatic carbocycles. The zero-order chi connectivity index (χ0) is 18.5. The number of ether oxygens (including phenoxy) is 1. The van der Waals surface area contributed by atoms with Crippen LogP contribution in [0, 0.1) is 0 Å². The van der Waals surface area contributed by atoms with E-state index in [0.29, 0.717) is 11.4 Å². The third-order valence-electron chi connectivity index (χ3n) is 3.47. The number of hydrogen-bond donors (Lipinski definition) is 1. The number of carbonyl (C=O) groups excluding carboxylic acids is 1. The SMILES string of the molecule is CCS(=O)(=O)c1ccc([C@H](CNC(=O)OC(C)(C)C)N(C)C)cc1.